The molecule has 0 N–H and O–H groups in total. The van der Waals surface area contributed by atoms with Gasteiger partial charge in [-0.2, -0.15) is 0 Å². The van der Waals surface area contributed by atoms with Gasteiger partial charge in [0, 0.05) is 5.56 Å². The first-order valence-electron chi connectivity index (χ1n) is 6.03. The van der Waals surface area contributed by atoms with Crippen LogP contribution in [0.5, 0.6) is 5.75 Å². The van der Waals surface area contributed by atoms with Crippen molar-refractivity contribution in [1.82, 2.24) is 4.98 Å². The van der Waals surface area contributed by atoms with Crippen LogP contribution >= 0.6 is 11.3 Å². The van der Waals surface area contributed by atoms with Crippen LogP contribution in [0.15, 0.2) is 60.0 Å². The van der Waals surface area contributed by atoms with E-state index in [4.69, 9.17) is 9.72 Å². The van der Waals surface area contributed by atoms with E-state index in [0.717, 1.165) is 22.7 Å². The summed E-state index contributed by atoms with van der Waals surface area (Å²) in [6, 6.07) is 18.2. The monoisotopic (exact) mass is 267 g/mol. The number of benzene rings is 1. The Morgan fingerprint density at radius 3 is 2.47 bits per heavy atom. The van der Waals surface area contributed by atoms with Crippen molar-refractivity contribution in [3.63, 3.8) is 0 Å². The molecule has 0 unspecified atom stereocenters. The Morgan fingerprint density at radius 2 is 1.79 bits per heavy atom. The van der Waals surface area contributed by atoms with E-state index >= 15 is 0 Å². The van der Waals surface area contributed by atoms with Crippen molar-refractivity contribution in [3.05, 3.63) is 60.0 Å². The van der Waals surface area contributed by atoms with Gasteiger partial charge in [0.25, 0.3) is 0 Å². The number of rotatable bonds is 3. The lowest BCUT2D eigenvalue weighted by Gasteiger charge is -2.09. The smallest absolute Gasteiger partial charge is 0.145 e. The second kappa shape index (κ2) is 5.24. The molecule has 0 aliphatic rings. The van der Waals surface area contributed by atoms with Crippen molar-refractivity contribution >= 4 is 11.3 Å². The van der Waals surface area contributed by atoms with Crippen LogP contribution in [0.2, 0.25) is 0 Å². The van der Waals surface area contributed by atoms with Crippen LogP contribution in [0.25, 0.3) is 21.8 Å². The molecule has 0 radical (unpaired) electrons. The zero-order valence-electron chi connectivity index (χ0n) is 10.5. The standard InChI is InChI=1S/C16H13NOS/c1-18-14-10-9-13(15-8-5-11-19-15)17-16(14)12-6-3-2-4-7-12/h2-11H,1H3. The van der Waals surface area contributed by atoms with Gasteiger partial charge in [0.2, 0.25) is 0 Å². The summed E-state index contributed by atoms with van der Waals surface area (Å²) in [5.74, 6) is 0.798. The summed E-state index contributed by atoms with van der Waals surface area (Å²) in [5.41, 5.74) is 2.93. The highest BCUT2D eigenvalue weighted by molar-refractivity contribution is 7.13. The van der Waals surface area contributed by atoms with Crippen LogP contribution in [0.4, 0.5) is 0 Å². The molecule has 2 nitrogen and oxygen atoms in total. The predicted molar refractivity (Wildman–Crippen MR) is 79.5 cm³/mol. The van der Waals surface area contributed by atoms with E-state index < -0.39 is 0 Å². The fourth-order valence-corrected chi connectivity index (χ4v) is 2.67. The van der Waals surface area contributed by atoms with Crippen molar-refractivity contribution < 1.29 is 4.74 Å². The van der Waals surface area contributed by atoms with Crippen molar-refractivity contribution in [3.8, 4) is 27.6 Å². The maximum absolute atomic E-state index is 5.41. The molecule has 3 aromatic rings. The van der Waals surface area contributed by atoms with Gasteiger partial charge in [-0.05, 0) is 23.6 Å². The van der Waals surface area contributed by atoms with Gasteiger partial charge in [-0.3, -0.25) is 0 Å². The average molecular weight is 267 g/mol. The topological polar surface area (TPSA) is 22.1 Å². The number of nitrogens with zero attached hydrogens (tertiary/aromatic N) is 1. The molecule has 94 valence electrons. The number of pyridine rings is 1. The molecule has 0 spiro atoms. The molecule has 0 fully saturated rings. The van der Waals surface area contributed by atoms with Crippen LogP contribution in [0, 0.1) is 0 Å². The van der Waals surface area contributed by atoms with Crippen molar-refractivity contribution in [2.45, 2.75) is 0 Å². The fraction of sp³-hybridized carbons (Fsp3) is 0.0625. The lowest BCUT2D eigenvalue weighted by atomic mass is 10.1. The molecule has 0 bridgehead atoms. The number of aromatic nitrogens is 1. The molecule has 3 heteroatoms. The van der Waals surface area contributed by atoms with Gasteiger partial charge in [-0.15, -0.1) is 11.3 Å². The number of methoxy groups -OCH3 is 1. The van der Waals surface area contributed by atoms with E-state index in [2.05, 4.69) is 11.4 Å². The molecule has 3 rings (SSSR count). The zero-order valence-corrected chi connectivity index (χ0v) is 11.4. The maximum atomic E-state index is 5.41. The molecule has 0 aliphatic carbocycles. The third-order valence-corrected chi connectivity index (χ3v) is 3.79. The third-order valence-electron chi connectivity index (χ3n) is 2.90. The minimum atomic E-state index is 0.798. The van der Waals surface area contributed by atoms with Gasteiger partial charge < -0.3 is 4.74 Å². The van der Waals surface area contributed by atoms with E-state index in [1.54, 1.807) is 18.4 Å². The second-order valence-corrected chi connectivity index (χ2v) is 5.04. The number of hydrogen-bond donors (Lipinski definition) is 0. The van der Waals surface area contributed by atoms with Gasteiger partial charge in [0.05, 0.1) is 17.7 Å². The maximum Gasteiger partial charge on any atom is 0.145 e. The van der Waals surface area contributed by atoms with Crippen LogP contribution in [0.3, 0.4) is 0 Å². The Labute approximate surface area is 116 Å². The van der Waals surface area contributed by atoms with Gasteiger partial charge >= 0.3 is 0 Å². The van der Waals surface area contributed by atoms with E-state index in [1.807, 2.05) is 48.5 Å². The molecule has 0 atom stereocenters. The first kappa shape index (κ1) is 11.9. The van der Waals surface area contributed by atoms with E-state index in [-0.39, 0.29) is 0 Å². The molecule has 0 aliphatic heterocycles. The zero-order chi connectivity index (χ0) is 13.1. The minimum absolute atomic E-state index is 0.798. The normalized spacial score (nSPS) is 10.4. The molecular weight excluding hydrogens is 254 g/mol. The van der Waals surface area contributed by atoms with Crippen LogP contribution in [-0.4, -0.2) is 12.1 Å². The number of thiophene rings is 1. The minimum Gasteiger partial charge on any atom is -0.494 e. The number of hydrogen-bond acceptors (Lipinski definition) is 3. The Kier molecular flexibility index (Phi) is 3.29. The second-order valence-electron chi connectivity index (χ2n) is 4.09. The quantitative estimate of drug-likeness (QED) is 0.697. The van der Waals surface area contributed by atoms with Gasteiger partial charge in [-0.25, -0.2) is 4.98 Å². The lowest BCUT2D eigenvalue weighted by molar-refractivity contribution is 0.415. The predicted octanol–water partition coefficient (Wildman–Crippen LogP) is 4.49. The summed E-state index contributed by atoms with van der Waals surface area (Å²) in [4.78, 5) is 5.91. The highest BCUT2D eigenvalue weighted by Gasteiger charge is 2.10. The summed E-state index contributed by atoms with van der Waals surface area (Å²) in [6.07, 6.45) is 0. The van der Waals surface area contributed by atoms with Crippen molar-refractivity contribution in [2.24, 2.45) is 0 Å². The highest BCUT2D eigenvalue weighted by atomic mass is 32.1. The largest absolute Gasteiger partial charge is 0.494 e. The Morgan fingerprint density at radius 1 is 0.947 bits per heavy atom. The Bertz CT molecular complexity index is 662. The Hall–Kier alpha value is -2.13. The van der Waals surface area contributed by atoms with Gasteiger partial charge in [-0.1, -0.05) is 36.4 Å². The molecule has 1 aromatic carbocycles. The molecule has 2 heterocycles. The first-order chi connectivity index (χ1) is 9.38. The molecule has 0 saturated heterocycles. The van der Waals surface area contributed by atoms with Gasteiger partial charge in [0.15, 0.2) is 0 Å². The van der Waals surface area contributed by atoms with E-state index in [0.29, 0.717) is 0 Å². The van der Waals surface area contributed by atoms with Crippen molar-refractivity contribution in [1.29, 1.82) is 0 Å². The average Bonchev–Trinajstić information content (AvgIpc) is 3.02. The Balaban J connectivity index is 2.14. The molecule has 2 aromatic heterocycles. The molecule has 0 saturated carbocycles. The summed E-state index contributed by atoms with van der Waals surface area (Å²) >= 11 is 1.69. The lowest BCUT2D eigenvalue weighted by Crippen LogP contribution is -1.92. The van der Waals surface area contributed by atoms with Crippen LogP contribution in [-0.2, 0) is 0 Å². The summed E-state index contributed by atoms with van der Waals surface area (Å²) in [6.45, 7) is 0. The number of ether oxygens (including phenoxy) is 1. The molecule has 0 amide bonds. The van der Waals surface area contributed by atoms with E-state index in [1.165, 1.54) is 4.88 Å². The highest BCUT2D eigenvalue weighted by Crippen LogP contribution is 2.32. The first-order valence-corrected chi connectivity index (χ1v) is 6.91. The summed E-state index contributed by atoms with van der Waals surface area (Å²) < 4.78 is 5.41. The van der Waals surface area contributed by atoms with E-state index in [9.17, 15) is 0 Å². The van der Waals surface area contributed by atoms with Crippen LogP contribution in [0.1, 0.15) is 0 Å². The van der Waals surface area contributed by atoms with Crippen LogP contribution < -0.4 is 4.74 Å². The van der Waals surface area contributed by atoms with Gasteiger partial charge in [0.1, 0.15) is 11.4 Å². The fourth-order valence-electron chi connectivity index (χ4n) is 1.98. The molecule has 19 heavy (non-hydrogen) atoms. The SMILES string of the molecule is COc1ccc(-c2cccs2)nc1-c1ccccc1. The molecular formula is C16H13NOS. The third kappa shape index (κ3) is 2.37. The summed E-state index contributed by atoms with van der Waals surface area (Å²) in [5, 5.41) is 2.06. The van der Waals surface area contributed by atoms with Crippen molar-refractivity contribution in [2.75, 3.05) is 7.11 Å². The summed E-state index contributed by atoms with van der Waals surface area (Å²) in [7, 11) is 1.67.